The number of hydrazine groups is 1. The normalized spacial score (nSPS) is 17.3. The third-order valence-electron chi connectivity index (χ3n) is 7.74. The van der Waals surface area contributed by atoms with E-state index >= 15 is 0 Å². The van der Waals surface area contributed by atoms with Crippen molar-refractivity contribution in [2.75, 3.05) is 32.8 Å². The van der Waals surface area contributed by atoms with Crippen molar-refractivity contribution in [1.82, 2.24) is 14.9 Å². The molecule has 0 unspecified atom stereocenters. The van der Waals surface area contributed by atoms with Gasteiger partial charge < -0.3 is 14.4 Å². The number of hydrogen-bond acceptors (Lipinski definition) is 5. The van der Waals surface area contributed by atoms with Gasteiger partial charge in [0, 0.05) is 13.0 Å². The van der Waals surface area contributed by atoms with E-state index in [1.807, 2.05) is 59.5 Å². The number of likely N-dealkylation sites (tertiary alicyclic amines) is 1. The quantitative estimate of drug-likeness (QED) is 0.279. The maximum absolute atomic E-state index is 14.6. The summed E-state index contributed by atoms with van der Waals surface area (Å²) < 4.78 is 10.5. The van der Waals surface area contributed by atoms with Crippen LogP contribution in [0.1, 0.15) is 6.42 Å². The fourth-order valence-electron chi connectivity index (χ4n) is 5.99. The molecule has 2 fully saturated rings. The molecular weight excluding hydrogens is 549 g/mol. The third-order valence-corrected chi connectivity index (χ3v) is 12.5. The number of hydrogen-bond donors (Lipinski definition) is 0. The van der Waals surface area contributed by atoms with Gasteiger partial charge in [0.05, 0.1) is 19.1 Å². The lowest BCUT2D eigenvalue weighted by atomic mass is 10.3. The Morgan fingerprint density at radius 2 is 1.14 bits per heavy atom. The molecule has 0 aliphatic carbocycles. The molecule has 8 nitrogen and oxygen atoms in total. The van der Waals surface area contributed by atoms with Crippen molar-refractivity contribution < 1.29 is 23.9 Å². The molecule has 0 N–H and O–H groups in total. The van der Waals surface area contributed by atoms with Gasteiger partial charge in [-0.3, -0.25) is 4.79 Å². The van der Waals surface area contributed by atoms with Gasteiger partial charge in [0.1, 0.15) is 36.4 Å². The first-order valence-corrected chi connectivity index (χ1v) is 15.8. The summed E-state index contributed by atoms with van der Waals surface area (Å²) in [7, 11) is -2.46. The first-order chi connectivity index (χ1) is 20.5. The van der Waals surface area contributed by atoms with Gasteiger partial charge in [-0.15, -0.1) is 0 Å². The van der Waals surface area contributed by atoms with Crippen molar-refractivity contribution in [1.29, 1.82) is 0 Å². The van der Waals surface area contributed by atoms with Crippen molar-refractivity contribution in [2.45, 2.75) is 18.1 Å². The van der Waals surface area contributed by atoms with E-state index in [0.717, 1.165) is 15.9 Å². The average molecular weight is 585 g/mol. The first-order valence-electron chi connectivity index (χ1n) is 14.0. The van der Waals surface area contributed by atoms with Crippen molar-refractivity contribution in [3.05, 3.63) is 116 Å². The number of amides is 3. The van der Waals surface area contributed by atoms with Gasteiger partial charge in [-0.1, -0.05) is 79.9 Å². The molecule has 2 aliphatic heterocycles. The first kappa shape index (κ1) is 29.1. The molecule has 3 amide bonds. The van der Waals surface area contributed by atoms with E-state index in [9.17, 15) is 14.4 Å². The maximum Gasteiger partial charge on any atom is 0.429 e. The standard InChI is InChI=1S/C33H35N3O5P/c1-3-22-40-32(38)35-24-26(25-36(35)33(39)41-23-4-2)34-21-20-30(31(34)37)42(27-14-8-5-9-15-27,28-16-10-6-11-17-28)29-18-12-7-13-19-29/h3-19,26,30H,1-2,20-25H2/q+1/t30-/m1/s1. The van der Waals surface area contributed by atoms with Crippen LogP contribution in [0.4, 0.5) is 9.59 Å². The number of carbonyl (C=O) groups excluding carboxylic acids is 3. The molecule has 1 atom stereocenters. The fraction of sp³-hybridized carbons (Fsp3) is 0.242. The van der Waals surface area contributed by atoms with Crippen LogP contribution in [0.2, 0.25) is 0 Å². The average Bonchev–Trinajstić information content (AvgIpc) is 3.65. The van der Waals surface area contributed by atoms with Crippen molar-refractivity contribution in [2.24, 2.45) is 0 Å². The summed E-state index contributed by atoms with van der Waals surface area (Å²) in [4.78, 5) is 42.3. The van der Waals surface area contributed by atoms with Gasteiger partial charge in [0.25, 0.3) is 5.91 Å². The topological polar surface area (TPSA) is 79.4 Å². The third kappa shape index (κ3) is 5.42. The van der Waals surface area contributed by atoms with Crippen LogP contribution in [0.3, 0.4) is 0 Å². The van der Waals surface area contributed by atoms with E-state index in [1.54, 1.807) is 0 Å². The van der Waals surface area contributed by atoms with Crippen LogP contribution < -0.4 is 15.9 Å². The molecule has 9 heteroatoms. The summed E-state index contributed by atoms with van der Waals surface area (Å²) in [5.41, 5.74) is -0.312. The smallest absolute Gasteiger partial charge is 0.429 e. The SMILES string of the molecule is C=CCOC(=O)N1CC(N2CC[C@@H]([P+](c3ccccc3)(c3ccccc3)c3ccccc3)C2=O)CN1C(=O)OCC=C. The Bertz CT molecular complexity index is 1290. The molecule has 0 saturated carbocycles. The van der Waals surface area contributed by atoms with Crippen LogP contribution in [-0.2, 0) is 14.3 Å². The number of rotatable bonds is 9. The number of ether oxygens (including phenoxy) is 2. The number of carbonyl (C=O) groups is 3. The summed E-state index contributed by atoms with van der Waals surface area (Å²) in [6.45, 7) is 7.91. The summed E-state index contributed by atoms with van der Waals surface area (Å²) in [5.74, 6) is 0.0191. The molecule has 0 aromatic heterocycles. The summed E-state index contributed by atoms with van der Waals surface area (Å²) in [6.07, 6.45) is 2.16. The van der Waals surface area contributed by atoms with Crippen molar-refractivity contribution >= 4 is 41.3 Å². The molecular formula is C33H35N3O5P+. The van der Waals surface area contributed by atoms with Crippen molar-refractivity contribution in [3.8, 4) is 0 Å². The molecule has 0 radical (unpaired) electrons. The van der Waals surface area contributed by atoms with Gasteiger partial charge in [-0.25, -0.2) is 19.6 Å². The highest BCUT2D eigenvalue weighted by Crippen LogP contribution is 2.62. The van der Waals surface area contributed by atoms with Crippen LogP contribution in [0.25, 0.3) is 0 Å². The second kappa shape index (κ2) is 13.0. The molecule has 2 aliphatic rings. The molecule has 3 aromatic carbocycles. The molecule has 42 heavy (non-hydrogen) atoms. The molecule has 216 valence electrons. The Balaban J connectivity index is 1.52. The van der Waals surface area contributed by atoms with Gasteiger partial charge in [0.2, 0.25) is 0 Å². The second-order valence-corrected chi connectivity index (χ2v) is 13.7. The van der Waals surface area contributed by atoms with Gasteiger partial charge in [-0.05, 0) is 36.4 Å². The highest BCUT2D eigenvalue weighted by atomic mass is 31.2. The lowest BCUT2D eigenvalue weighted by molar-refractivity contribution is -0.129. The summed E-state index contributed by atoms with van der Waals surface area (Å²) in [5, 5.41) is 5.84. The highest BCUT2D eigenvalue weighted by Gasteiger charge is 2.60. The zero-order valence-corrected chi connectivity index (χ0v) is 24.4. The van der Waals surface area contributed by atoms with E-state index in [0.29, 0.717) is 13.0 Å². The van der Waals surface area contributed by atoms with Crippen LogP contribution in [-0.4, -0.2) is 77.6 Å². The molecule has 2 saturated heterocycles. The number of nitrogens with zero attached hydrogens (tertiary/aromatic N) is 3. The predicted molar refractivity (Wildman–Crippen MR) is 166 cm³/mol. The second-order valence-electron chi connectivity index (χ2n) is 10.1. The Kier molecular flexibility index (Phi) is 9.03. The minimum atomic E-state index is -2.46. The van der Waals surface area contributed by atoms with E-state index in [4.69, 9.17) is 9.47 Å². The molecule has 2 heterocycles. The van der Waals surface area contributed by atoms with E-state index in [1.165, 1.54) is 22.2 Å². The van der Waals surface area contributed by atoms with E-state index in [-0.39, 0.29) is 37.9 Å². The van der Waals surface area contributed by atoms with E-state index in [2.05, 4.69) is 49.6 Å². The Morgan fingerprint density at radius 1 is 0.738 bits per heavy atom. The lowest BCUT2D eigenvalue weighted by Gasteiger charge is -2.32. The van der Waals surface area contributed by atoms with Gasteiger partial charge in [-0.2, -0.15) is 0 Å². The Labute approximate surface area is 247 Å². The fourth-order valence-corrected chi connectivity index (χ4v) is 10.9. The molecule has 0 spiro atoms. The van der Waals surface area contributed by atoms with Crippen LogP contribution in [0, 0.1) is 0 Å². The largest absolute Gasteiger partial charge is 0.444 e. The molecule has 0 bridgehead atoms. The zero-order chi connectivity index (χ0) is 29.5. The molecule has 3 aromatic rings. The monoisotopic (exact) mass is 584 g/mol. The van der Waals surface area contributed by atoms with Crippen LogP contribution in [0.5, 0.6) is 0 Å². The van der Waals surface area contributed by atoms with Gasteiger partial charge in [0.15, 0.2) is 5.66 Å². The van der Waals surface area contributed by atoms with Crippen molar-refractivity contribution in [3.63, 3.8) is 0 Å². The molecule has 5 rings (SSSR count). The Morgan fingerprint density at radius 3 is 1.52 bits per heavy atom. The van der Waals surface area contributed by atoms with Crippen LogP contribution >= 0.6 is 7.26 Å². The highest BCUT2D eigenvalue weighted by molar-refractivity contribution is 7.96. The van der Waals surface area contributed by atoms with E-state index < -0.39 is 25.5 Å². The van der Waals surface area contributed by atoms with Crippen LogP contribution in [0.15, 0.2) is 116 Å². The minimum Gasteiger partial charge on any atom is -0.444 e. The Hall–Kier alpha value is -4.42. The number of benzene rings is 3. The minimum absolute atomic E-state index is 0.00150. The van der Waals surface area contributed by atoms with Gasteiger partial charge >= 0.3 is 12.2 Å². The maximum atomic E-state index is 14.6. The summed E-state index contributed by atoms with van der Waals surface area (Å²) in [6, 6.07) is 30.6. The summed E-state index contributed by atoms with van der Waals surface area (Å²) >= 11 is 0. The zero-order valence-electron chi connectivity index (χ0n) is 23.5. The predicted octanol–water partition coefficient (Wildman–Crippen LogP) is 4.13. The lowest BCUT2D eigenvalue weighted by Crippen LogP contribution is -2.46.